The van der Waals surface area contributed by atoms with Crippen molar-refractivity contribution in [3.8, 4) is 0 Å². The summed E-state index contributed by atoms with van der Waals surface area (Å²) in [7, 11) is 0. The second-order valence-corrected chi connectivity index (χ2v) is 5.75. The second-order valence-electron chi connectivity index (χ2n) is 5.75. The highest BCUT2D eigenvalue weighted by Crippen LogP contribution is 2.22. The van der Waals surface area contributed by atoms with Crippen LogP contribution < -0.4 is 5.73 Å². The van der Waals surface area contributed by atoms with Crippen molar-refractivity contribution >= 4 is 5.97 Å². The van der Waals surface area contributed by atoms with Crippen molar-refractivity contribution < 1.29 is 15.0 Å². The SMILES string of the molecule is CCCC[C@@H](O)c1ccccc1C(=O)O.C[C@@H](N)c1ccccc1. The van der Waals surface area contributed by atoms with Crippen molar-refractivity contribution in [2.75, 3.05) is 0 Å². The highest BCUT2D eigenvalue weighted by molar-refractivity contribution is 5.89. The smallest absolute Gasteiger partial charge is 0.336 e. The fourth-order valence-electron chi connectivity index (χ4n) is 2.29. The Labute approximate surface area is 144 Å². The number of aliphatic hydroxyl groups is 1. The molecular weight excluding hydrogens is 302 g/mol. The number of carboxylic acid groups (broad SMARTS) is 1. The molecule has 24 heavy (non-hydrogen) atoms. The van der Waals surface area contributed by atoms with Crippen LogP contribution in [-0.4, -0.2) is 16.2 Å². The lowest BCUT2D eigenvalue weighted by Crippen LogP contribution is -2.06. The molecular formula is C20H27NO3. The summed E-state index contributed by atoms with van der Waals surface area (Å²) in [5.41, 5.74) is 7.51. The van der Waals surface area contributed by atoms with Crippen LogP contribution in [0.1, 0.15) is 66.7 Å². The van der Waals surface area contributed by atoms with Gasteiger partial charge in [-0.25, -0.2) is 4.79 Å². The van der Waals surface area contributed by atoms with E-state index in [9.17, 15) is 9.90 Å². The first-order valence-electron chi connectivity index (χ1n) is 8.28. The maximum Gasteiger partial charge on any atom is 0.336 e. The van der Waals surface area contributed by atoms with E-state index in [0.29, 0.717) is 12.0 Å². The van der Waals surface area contributed by atoms with E-state index in [1.165, 1.54) is 11.6 Å². The Morgan fingerprint density at radius 1 is 1.08 bits per heavy atom. The highest BCUT2D eigenvalue weighted by atomic mass is 16.4. The summed E-state index contributed by atoms with van der Waals surface area (Å²) >= 11 is 0. The molecule has 2 aromatic carbocycles. The molecule has 0 aliphatic carbocycles. The zero-order chi connectivity index (χ0) is 17.9. The first-order chi connectivity index (χ1) is 11.5. The number of carboxylic acids is 1. The van der Waals surface area contributed by atoms with Gasteiger partial charge in [0, 0.05) is 6.04 Å². The van der Waals surface area contributed by atoms with Crippen molar-refractivity contribution in [1.29, 1.82) is 0 Å². The molecule has 0 aromatic heterocycles. The van der Waals surface area contributed by atoms with Gasteiger partial charge in [-0.1, -0.05) is 68.3 Å². The van der Waals surface area contributed by atoms with Gasteiger partial charge in [-0.15, -0.1) is 0 Å². The van der Waals surface area contributed by atoms with E-state index < -0.39 is 12.1 Å². The van der Waals surface area contributed by atoms with Gasteiger partial charge in [-0.05, 0) is 30.5 Å². The first kappa shape index (κ1) is 19.9. The minimum atomic E-state index is -0.985. The summed E-state index contributed by atoms with van der Waals surface area (Å²) in [6.07, 6.45) is 1.83. The Balaban J connectivity index is 0.000000272. The summed E-state index contributed by atoms with van der Waals surface area (Å²) in [6, 6.07) is 16.8. The lowest BCUT2D eigenvalue weighted by molar-refractivity contribution is 0.0688. The predicted molar refractivity (Wildman–Crippen MR) is 96.9 cm³/mol. The van der Waals surface area contributed by atoms with Gasteiger partial charge in [0.15, 0.2) is 0 Å². The first-order valence-corrected chi connectivity index (χ1v) is 8.28. The minimum absolute atomic E-state index is 0.159. The fraction of sp³-hybridized carbons (Fsp3) is 0.350. The van der Waals surface area contributed by atoms with Gasteiger partial charge >= 0.3 is 5.97 Å². The Morgan fingerprint density at radius 2 is 1.67 bits per heavy atom. The van der Waals surface area contributed by atoms with Gasteiger partial charge in [0.1, 0.15) is 0 Å². The number of hydrogen-bond donors (Lipinski definition) is 3. The van der Waals surface area contributed by atoms with Gasteiger partial charge in [0.25, 0.3) is 0 Å². The largest absolute Gasteiger partial charge is 0.478 e. The standard InChI is InChI=1S/C12H16O3.C8H11N/c1-2-3-8-11(13)9-6-4-5-7-10(9)12(14)15;1-7(9)8-5-3-2-4-6-8/h4-7,11,13H,2-3,8H2,1H3,(H,14,15);2-7H,9H2,1H3/t11-;7-/m11/s1. The molecule has 4 nitrogen and oxygen atoms in total. The Hall–Kier alpha value is -2.17. The van der Waals surface area contributed by atoms with Crippen LogP contribution in [0.3, 0.4) is 0 Å². The fourth-order valence-corrected chi connectivity index (χ4v) is 2.29. The molecule has 0 aliphatic heterocycles. The van der Waals surface area contributed by atoms with Gasteiger partial charge < -0.3 is 15.9 Å². The van der Waals surface area contributed by atoms with E-state index in [1.807, 2.05) is 44.2 Å². The summed E-state index contributed by atoms with van der Waals surface area (Å²) in [4.78, 5) is 10.9. The van der Waals surface area contributed by atoms with Crippen LogP contribution in [0, 0.1) is 0 Å². The zero-order valence-corrected chi connectivity index (χ0v) is 14.4. The molecule has 0 aliphatic rings. The van der Waals surface area contributed by atoms with Crippen LogP contribution in [-0.2, 0) is 0 Å². The molecule has 0 amide bonds. The number of aromatic carboxylic acids is 1. The maximum absolute atomic E-state index is 10.9. The van der Waals surface area contributed by atoms with Gasteiger partial charge in [0.2, 0.25) is 0 Å². The lowest BCUT2D eigenvalue weighted by atomic mass is 9.99. The molecule has 0 fully saturated rings. The molecule has 0 saturated carbocycles. The number of hydrogen-bond acceptors (Lipinski definition) is 3. The van der Waals surface area contributed by atoms with Gasteiger partial charge in [0.05, 0.1) is 11.7 Å². The number of aliphatic hydroxyl groups excluding tert-OH is 1. The normalized spacial score (nSPS) is 12.7. The van der Waals surface area contributed by atoms with Crippen LogP contribution in [0.15, 0.2) is 54.6 Å². The van der Waals surface area contributed by atoms with Crippen LogP contribution in [0.4, 0.5) is 0 Å². The third-order valence-electron chi connectivity index (χ3n) is 3.71. The molecule has 130 valence electrons. The van der Waals surface area contributed by atoms with E-state index in [4.69, 9.17) is 10.8 Å². The summed E-state index contributed by atoms with van der Waals surface area (Å²) in [5, 5.41) is 18.7. The Kier molecular flexibility index (Phi) is 8.76. The van der Waals surface area contributed by atoms with Crippen LogP contribution in [0.25, 0.3) is 0 Å². The molecule has 0 heterocycles. The topological polar surface area (TPSA) is 83.5 Å². The molecule has 0 radical (unpaired) electrons. The molecule has 4 heteroatoms. The lowest BCUT2D eigenvalue weighted by Gasteiger charge is -2.12. The third-order valence-corrected chi connectivity index (χ3v) is 3.71. The molecule has 4 N–H and O–H groups in total. The predicted octanol–water partition coefficient (Wildman–Crippen LogP) is 4.31. The Morgan fingerprint density at radius 3 is 2.17 bits per heavy atom. The summed E-state index contributed by atoms with van der Waals surface area (Å²) in [5.74, 6) is -0.985. The average molecular weight is 329 g/mol. The molecule has 2 atom stereocenters. The van der Waals surface area contributed by atoms with Crippen molar-refractivity contribution in [3.05, 3.63) is 71.3 Å². The van der Waals surface area contributed by atoms with Crippen molar-refractivity contribution in [2.45, 2.75) is 45.3 Å². The molecule has 0 unspecified atom stereocenters. The second kappa shape index (κ2) is 10.6. The maximum atomic E-state index is 10.9. The number of unbranched alkanes of at least 4 members (excludes halogenated alkanes) is 1. The average Bonchev–Trinajstić information content (AvgIpc) is 2.61. The van der Waals surface area contributed by atoms with E-state index >= 15 is 0 Å². The zero-order valence-electron chi connectivity index (χ0n) is 14.4. The summed E-state index contributed by atoms with van der Waals surface area (Å²) in [6.45, 7) is 4.02. The van der Waals surface area contributed by atoms with E-state index in [-0.39, 0.29) is 11.6 Å². The molecule has 0 spiro atoms. The van der Waals surface area contributed by atoms with Crippen LogP contribution in [0.2, 0.25) is 0 Å². The van der Waals surface area contributed by atoms with Crippen molar-refractivity contribution in [1.82, 2.24) is 0 Å². The number of nitrogens with two attached hydrogens (primary N) is 1. The summed E-state index contributed by atoms with van der Waals surface area (Å²) < 4.78 is 0. The Bertz CT molecular complexity index is 611. The van der Waals surface area contributed by atoms with Crippen molar-refractivity contribution in [2.24, 2.45) is 5.73 Å². The molecule has 2 aromatic rings. The van der Waals surface area contributed by atoms with Gasteiger partial charge in [-0.2, -0.15) is 0 Å². The van der Waals surface area contributed by atoms with Crippen LogP contribution in [0.5, 0.6) is 0 Å². The number of benzene rings is 2. The monoisotopic (exact) mass is 329 g/mol. The van der Waals surface area contributed by atoms with Crippen molar-refractivity contribution in [3.63, 3.8) is 0 Å². The minimum Gasteiger partial charge on any atom is -0.478 e. The molecule has 2 rings (SSSR count). The van der Waals surface area contributed by atoms with E-state index in [2.05, 4.69) is 0 Å². The number of carbonyl (C=O) groups is 1. The van der Waals surface area contributed by atoms with Crippen LogP contribution >= 0.6 is 0 Å². The molecule has 0 bridgehead atoms. The van der Waals surface area contributed by atoms with E-state index in [0.717, 1.165) is 12.8 Å². The highest BCUT2D eigenvalue weighted by Gasteiger charge is 2.15. The molecule has 0 saturated heterocycles. The quantitative estimate of drug-likeness (QED) is 0.737. The van der Waals surface area contributed by atoms with E-state index in [1.54, 1.807) is 18.2 Å². The van der Waals surface area contributed by atoms with Gasteiger partial charge in [-0.3, -0.25) is 0 Å². The third kappa shape index (κ3) is 6.52. The number of rotatable bonds is 6.